The molecule has 1 atom stereocenters. The summed E-state index contributed by atoms with van der Waals surface area (Å²) < 4.78 is 0. The SMILES string of the molecule is Cc1cc(CNc2ccccc2C(C)O)c(C)s1. The molecule has 18 heavy (non-hydrogen) atoms. The molecule has 0 spiro atoms. The van der Waals surface area contributed by atoms with Gasteiger partial charge in [-0.25, -0.2) is 0 Å². The van der Waals surface area contributed by atoms with Gasteiger partial charge in [-0.15, -0.1) is 11.3 Å². The molecule has 2 nitrogen and oxygen atoms in total. The molecule has 0 fully saturated rings. The Hall–Kier alpha value is -1.32. The van der Waals surface area contributed by atoms with Crippen molar-refractivity contribution in [3.63, 3.8) is 0 Å². The minimum atomic E-state index is -0.445. The largest absolute Gasteiger partial charge is 0.389 e. The van der Waals surface area contributed by atoms with Crippen molar-refractivity contribution < 1.29 is 5.11 Å². The fourth-order valence-corrected chi connectivity index (χ4v) is 3.02. The maximum absolute atomic E-state index is 9.72. The molecular weight excluding hydrogens is 242 g/mol. The van der Waals surface area contributed by atoms with Crippen molar-refractivity contribution >= 4 is 17.0 Å². The van der Waals surface area contributed by atoms with Crippen LogP contribution in [0.4, 0.5) is 5.69 Å². The summed E-state index contributed by atoms with van der Waals surface area (Å²) in [5, 5.41) is 13.1. The zero-order valence-corrected chi connectivity index (χ0v) is 11.8. The molecule has 3 heteroatoms. The van der Waals surface area contributed by atoms with Crippen molar-refractivity contribution in [2.45, 2.75) is 33.4 Å². The lowest BCUT2D eigenvalue weighted by molar-refractivity contribution is 0.200. The zero-order chi connectivity index (χ0) is 13.1. The van der Waals surface area contributed by atoms with Crippen LogP contribution in [-0.4, -0.2) is 5.11 Å². The first kappa shape index (κ1) is 13.1. The van der Waals surface area contributed by atoms with E-state index in [2.05, 4.69) is 25.2 Å². The summed E-state index contributed by atoms with van der Waals surface area (Å²) in [4.78, 5) is 2.70. The Morgan fingerprint density at radius 3 is 2.61 bits per heavy atom. The topological polar surface area (TPSA) is 32.3 Å². The zero-order valence-electron chi connectivity index (χ0n) is 11.0. The minimum Gasteiger partial charge on any atom is -0.389 e. The smallest absolute Gasteiger partial charge is 0.0781 e. The fourth-order valence-electron chi connectivity index (χ4n) is 2.07. The third-order valence-electron chi connectivity index (χ3n) is 3.02. The van der Waals surface area contributed by atoms with Gasteiger partial charge in [-0.3, -0.25) is 0 Å². The number of aliphatic hydroxyl groups is 1. The standard InChI is InChI=1S/C15H19NOS/c1-10-8-13(12(3)18-10)9-16-15-7-5-4-6-14(15)11(2)17/h4-8,11,16-17H,9H2,1-3H3. The highest BCUT2D eigenvalue weighted by Gasteiger charge is 2.08. The molecular formula is C15H19NOS. The Balaban J connectivity index is 2.13. The number of rotatable bonds is 4. The molecule has 1 heterocycles. The number of thiophene rings is 1. The average molecular weight is 261 g/mol. The summed E-state index contributed by atoms with van der Waals surface area (Å²) in [5.74, 6) is 0. The highest BCUT2D eigenvalue weighted by atomic mass is 32.1. The van der Waals surface area contributed by atoms with E-state index >= 15 is 0 Å². The molecule has 2 aromatic rings. The summed E-state index contributed by atoms with van der Waals surface area (Å²) in [6, 6.07) is 10.1. The number of benzene rings is 1. The fraction of sp³-hybridized carbons (Fsp3) is 0.333. The molecule has 0 saturated carbocycles. The maximum Gasteiger partial charge on any atom is 0.0781 e. The van der Waals surface area contributed by atoms with Crippen LogP contribution in [-0.2, 0) is 6.54 Å². The van der Waals surface area contributed by atoms with Crippen molar-refractivity contribution in [3.8, 4) is 0 Å². The second-order valence-corrected chi connectivity index (χ2v) is 6.02. The van der Waals surface area contributed by atoms with Gasteiger partial charge in [0.25, 0.3) is 0 Å². The second-order valence-electron chi connectivity index (χ2n) is 4.56. The van der Waals surface area contributed by atoms with Crippen LogP contribution in [0.15, 0.2) is 30.3 Å². The van der Waals surface area contributed by atoms with Gasteiger partial charge in [-0.1, -0.05) is 18.2 Å². The normalized spacial score (nSPS) is 12.4. The van der Waals surface area contributed by atoms with Crippen molar-refractivity contribution in [2.75, 3.05) is 5.32 Å². The third-order valence-corrected chi connectivity index (χ3v) is 4.03. The van der Waals surface area contributed by atoms with Crippen LogP contribution < -0.4 is 5.32 Å². The molecule has 2 rings (SSSR count). The van der Waals surface area contributed by atoms with Gasteiger partial charge in [-0.05, 0) is 38.5 Å². The molecule has 0 bridgehead atoms. The summed E-state index contributed by atoms with van der Waals surface area (Å²) in [6.07, 6.45) is -0.445. The van der Waals surface area contributed by atoms with Gasteiger partial charge in [0.1, 0.15) is 0 Å². The van der Waals surface area contributed by atoms with Gasteiger partial charge in [-0.2, -0.15) is 0 Å². The molecule has 96 valence electrons. The molecule has 0 aliphatic heterocycles. The van der Waals surface area contributed by atoms with E-state index in [1.54, 1.807) is 6.92 Å². The summed E-state index contributed by atoms with van der Waals surface area (Å²) in [7, 11) is 0. The van der Waals surface area contributed by atoms with Gasteiger partial charge in [0.2, 0.25) is 0 Å². The predicted octanol–water partition coefficient (Wildman–Crippen LogP) is 4.03. The molecule has 0 aliphatic carbocycles. The van der Waals surface area contributed by atoms with Crippen LogP contribution in [0.5, 0.6) is 0 Å². The van der Waals surface area contributed by atoms with E-state index < -0.39 is 6.10 Å². The molecule has 0 radical (unpaired) electrons. The van der Waals surface area contributed by atoms with E-state index in [0.29, 0.717) is 0 Å². The predicted molar refractivity (Wildman–Crippen MR) is 78.2 cm³/mol. The summed E-state index contributed by atoms with van der Waals surface area (Å²) in [5.41, 5.74) is 3.29. The monoisotopic (exact) mass is 261 g/mol. The van der Waals surface area contributed by atoms with Gasteiger partial charge in [0.05, 0.1) is 6.10 Å². The molecule has 1 aromatic carbocycles. The third kappa shape index (κ3) is 2.92. The first-order chi connectivity index (χ1) is 8.58. The number of aliphatic hydroxyl groups excluding tert-OH is 1. The van der Waals surface area contributed by atoms with Gasteiger partial charge < -0.3 is 10.4 Å². The van der Waals surface area contributed by atoms with E-state index in [9.17, 15) is 5.11 Å². The Labute approximate surface area is 112 Å². The number of para-hydroxylation sites is 1. The molecule has 0 saturated heterocycles. The van der Waals surface area contributed by atoms with Crippen LogP contribution in [0.1, 0.15) is 33.9 Å². The van der Waals surface area contributed by atoms with Crippen LogP contribution in [0.2, 0.25) is 0 Å². The molecule has 0 aliphatic rings. The highest BCUT2D eigenvalue weighted by Crippen LogP contribution is 2.25. The number of nitrogens with one attached hydrogen (secondary N) is 1. The van der Waals surface area contributed by atoms with E-state index in [1.807, 2.05) is 35.6 Å². The van der Waals surface area contributed by atoms with Crippen LogP contribution in [0, 0.1) is 13.8 Å². The Morgan fingerprint density at radius 2 is 2.00 bits per heavy atom. The number of hydrogen-bond acceptors (Lipinski definition) is 3. The van der Waals surface area contributed by atoms with Crippen molar-refractivity contribution in [1.82, 2.24) is 0 Å². The minimum absolute atomic E-state index is 0.445. The van der Waals surface area contributed by atoms with Crippen LogP contribution in [0.25, 0.3) is 0 Å². The Bertz CT molecular complexity index is 531. The molecule has 1 aromatic heterocycles. The maximum atomic E-state index is 9.72. The molecule has 0 amide bonds. The molecule has 1 unspecified atom stereocenters. The van der Waals surface area contributed by atoms with Crippen LogP contribution in [0.3, 0.4) is 0 Å². The van der Waals surface area contributed by atoms with E-state index in [4.69, 9.17) is 0 Å². The Kier molecular flexibility index (Phi) is 4.04. The second kappa shape index (κ2) is 5.55. The van der Waals surface area contributed by atoms with E-state index in [1.165, 1.54) is 15.3 Å². The van der Waals surface area contributed by atoms with E-state index in [-0.39, 0.29) is 0 Å². The van der Waals surface area contributed by atoms with E-state index in [0.717, 1.165) is 17.8 Å². The lowest BCUT2D eigenvalue weighted by atomic mass is 10.1. The Morgan fingerprint density at radius 1 is 1.28 bits per heavy atom. The number of anilines is 1. The highest BCUT2D eigenvalue weighted by molar-refractivity contribution is 7.12. The van der Waals surface area contributed by atoms with Crippen LogP contribution >= 0.6 is 11.3 Å². The quantitative estimate of drug-likeness (QED) is 0.871. The number of aryl methyl sites for hydroxylation is 2. The van der Waals surface area contributed by atoms with Gasteiger partial charge in [0, 0.05) is 27.5 Å². The summed E-state index contributed by atoms with van der Waals surface area (Å²) >= 11 is 1.83. The van der Waals surface area contributed by atoms with Gasteiger partial charge >= 0.3 is 0 Å². The van der Waals surface area contributed by atoms with Crippen molar-refractivity contribution in [3.05, 3.63) is 51.2 Å². The lowest BCUT2D eigenvalue weighted by Gasteiger charge is -2.13. The number of hydrogen-bond donors (Lipinski definition) is 2. The first-order valence-electron chi connectivity index (χ1n) is 6.14. The lowest BCUT2D eigenvalue weighted by Crippen LogP contribution is -2.04. The summed E-state index contributed by atoms with van der Waals surface area (Å²) in [6.45, 7) is 6.88. The average Bonchev–Trinajstić information content (AvgIpc) is 2.65. The van der Waals surface area contributed by atoms with Gasteiger partial charge in [0.15, 0.2) is 0 Å². The first-order valence-corrected chi connectivity index (χ1v) is 6.96. The van der Waals surface area contributed by atoms with Crippen molar-refractivity contribution in [1.29, 1.82) is 0 Å². The van der Waals surface area contributed by atoms with Crippen molar-refractivity contribution in [2.24, 2.45) is 0 Å². The molecule has 2 N–H and O–H groups in total.